The molecule has 0 aromatic heterocycles. The zero-order valence-electron chi connectivity index (χ0n) is 11.2. The minimum absolute atomic E-state index is 0.149. The monoisotopic (exact) mass is 312 g/mol. The van der Waals surface area contributed by atoms with Gasteiger partial charge in [0.05, 0.1) is 6.04 Å². The number of likely N-dealkylation sites (N-methyl/N-ethyl adjacent to an activating group) is 1. The Kier molecular flexibility index (Phi) is 6.36. The molecule has 18 heavy (non-hydrogen) atoms. The maximum Gasteiger partial charge on any atom is 0.239 e. The molecule has 0 heterocycles. The number of nitrogens with zero attached hydrogens (tertiary/aromatic N) is 1. The quantitative estimate of drug-likeness (QED) is 0.876. The van der Waals surface area contributed by atoms with E-state index in [-0.39, 0.29) is 11.9 Å². The van der Waals surface area contributed by atoms with Gasteiger partial charge in [-0.25, -0.2) is 0 Å². The second-order valence-electron chi connectivity index (χ2n) is 4.24. The molecule has 0 radical (unpaired) electrons. The van der Waals surface area contributed by atoms with Gasteiger partial charge in [0.15, 0.2) is 0 Å². The van der Waals surface area contributed by atoms with Gasteiger partial charge in [-0.3, -0.25) is 4.79 Å². The number of amides is 1. The van der Waals surface area contributed by atoms with Crippen LogP contribution in [0.2, 0.25) is 0 Å². The van der Waals surface area contributed by atoms with Gasteiger partial charge in [0.1, 0.15) is 0 Å². The zero-order chi connectivity index (χ0) is 13.5. The van der Waals surface area contributed by atoms with Gasteiger partial charge in [-0.05, 0) is 38.5 Å². The average Bonchev–Trinajstić information content (AvgIpc) is 2.37. The molecule has 0 aliphatic heterocycles. The Bertz CT molecular complexity index is 391. The predicted molar refractivity (Wildman–Crippen MR) is 78.4 cm³/mol. The maximum atomic E-state index is 12.0. The van der Waals surface area contributed by atoms with E-state index in [1.165, 1.54) is 5.56 Å². The summed E-state index contributed by atoms with van der Waals surface area (Å²) in [7, 11) is 0. The van der Waals surface area contributed by atoms with E-state index < -0.39 is 0 Å². The lowest BCUT2D eigenvalue weighted by Crippen LogP contribution is -2.44. The lowest BCUT2D eigenvalue weighted by Gasteiger charge is -2.23. The van der Waals surface area contributed by atoms with E-state index in [9.17, 15) is 4.79 Å². The fourth-order valence-corrected chi connectivity index (χ4v) is 2.26. The minimum Gasteiger partial charge on any atom is -0.342 e. The summed E-state index contributed by atoms with van der Waals surface area (Å²) in [6.07, 6.45) is 0. The molecule has 1 aromatic carbocycles. The number of carbonyl (C=O) groups is 1. The molecule has 0 fully saturated rings. The summed E-state index contributed by atoms with van der Waals surface area (Å²) in [5, 5.41) is 3.26. The van der Waals surface area contributed by atoms with Crippen LogP contribution in [0.15, 0.2) is 28.7 Å². The van der Waals surface area contributed by atoms with Gasteiger partial charge in [0, 0.05) is 24.1 Å². The molecular weight excluding hydrogens is 292 g/mol. The Labute approximate surface area is 118 Å². The van der Waals surface area contributed by atoms with E-state index >= 15 is 0 Å². The first-order chi connectivity index (χ1) is 8.58. The molecule has 1 atom stereocenters. The van der Waals surface area contributed by atoms with Crippen molar-refractivity contribution >= 4 is 21.8 Å². The minimum atomic E-state index is -0.149. The molecule has 0 saturated carbocycles. The lowest BCUT2D eigenvalue weighted by atomic mass is 10.2. The molecule has 3 nitrogen and oxygen atoms in total. The third-order valence-electron chi connectivity index (χ3n) is 2.95. The number of nitrogens with one attached hydrogen (secondary N) is 1. The van der Waals surface area contributed by atoms with Crippen molar-refractivity contribution in [2.75, 3.05) is 13.1 Å². The molecule has 1 amide bonds. The van der Waals surface area contributed by atoms with E-state index in [2.05, 4.69) is 27.3 Å². The third kappa shape index (κ3) is 4.42. The van der Waals surface area contributed by atoms with Gasteiger partial charge >= 0.3 is 0 Å². The Balaban J connectivity index is 2.50. The van der Waals surface area contributed by atoms with Crippen molar-refractivity contribution in [1.82, 2.24) is 10.2 Å². The number of halogens is 1. The lowest BCUT2D eigenvalue weighted by molar-refractivity contribution is -0.132. The van der Waals surface area contributed by atoms with Crippen molar-refractivity contribution in [2.24, 2.45) is 0 Å². The highest BCUT2D eigenvalue weighted by atomic mass is 79.9. The molecule has 4 heteroatoms. The van der Waals surface area contributed by atoms with Crippen molar-refractivity contribution in [3.05, 3.63) is 34.3 Å². The SMILES string of the molecule is CCN(CC)C(=O)C(C)NCc1cccc(Br)c1. The van der Waals surface area contributed by atoms with Crippen LogP contribution in [0.4, 0.5) is 0 Å². The average molecular weight is 313 g/mol. The molecule has 1 N–H and O–H groups in total. The molecule has 0 bridgehead atoms. The Morgan fingerprint density at radius 1 is 1.39 bits per heavy atom. The highest BCUT2D eigenvalue weighted by Crippen LogP contribution is 2.11. The fraction of sp³-hybridized carbons (Fsp3) is 0.500. The van der Waals surface area contributed by atoms with Crippen molar-refractivity contribution in [1.29, 1.82) is 0 Å². The first-order valence-corrected chi connectivity index (χ1v) is 7.14. The van der Waals surface area contributed by atoms with Crippen LogP contribution < -0.4 is 5.32 Å². The summed E-state index contributed by atoms with van der Waals surface area (Å²) < 4.78 is 1.06. The number of hydrogen-bond donors (Lipinski definition) is 1. The maximum absolute atomic E-state index is 12.0. The van der Waals surface area contributed by atoms with Gasteiger partial charge in [-0.2, -0.15) is 0 Å². The number of rotatable bonds is 6. The smallest absolute Gasteiger partial charge is 0.239 e. The van der Waals surface area contributed by atoms with Crippen molar-refractivity contribution in [3.8, 4) is 0 Å². The van der Waals surface area contributed by atoms with Crippen LogP contribution in [0, 0.1) is 0 Å². The van der Waals surface area contributed by atoms with Crippen LogP contribution in [0.3, 0.4) is 0 Å². The number of hydrogen-bond acceptors (Lipinski definition) is 2. The van der Waals surface area contributed by atoms with Gasteiger partial charge in [-0.15, -0.1) is 0 Å². The second kappa shape index (κ2) is 7.54. The second-order valence-corrected chi connectivity index (χ2v) is 5.16. The van der Waals surface area contributed by atoms with E-state index in [0.29, 0.717) is 6.54 Å². The van der Waals surface area contributed by atoms with E-state index in [4.69, 9.17) is 0 Å². The summed E-state index contributed by atoms with van der Waals surface area (Å²) in [4.78, 5) is 13.9. The number of carbonyl (C=O) groups excluding carboxylic acids is 1. The zero-order valence-corrected chi connectivity index (χ0v) is 12.8. The summed E-state index contributed by atoms with van der Waals surface area (Å²) in [6.45, 7) is 8.15. The first-order valence-electron chi connectivity index (χ1n) is 6.35. The Hall–Kier alpha value is -0.870. The molecule has 100 valence electrons. The topological polar surface area (TPSA) is 32.3 Å². The third-order valence-corrected chi connectivity index (χ3v) is 3.44. The molecule has 0 spiro atoms. The largest absolute Gasteiger partial charge is 0.342 e. The molecule has 1 rings (SSSR count). The van der Waals surface area contributed by atoms with Crippen LogP contribution in [0.25, 0.3) is 0 Å². The highest BCUT2D eigenvalue weighted by Gasteiger charge is 2.17. The van der Waals surface area contributed by atoms with Crippen LogP contribution in [-0.4, -0.2) is 29.9 Å². The van der Waals surface area contributed by atoms with E-state index in [1.807, 2.05) is 43.9 Å². The van der Waals surface area contributed by atoms with Crippen LogP contribution in [0.5, 0.6) is 0 Å². The van der Waals surface area contributed by atoms with Gasteiger partial charge in [-0.1, -0.05) is 28.1 Å². The van der Waals surface area contributed by atoms with Gasteiger partial charge in [0.2, 0.25) is 5.91 Å². The van der Waals surface area contributed by atoms with Crippen molar-refractivity contribution < 1.29 is 4.79 Å². The Morgan fingerprint density at radius 2 is 2.06 bits per heavy atom. The van der Waals surface area contributed by atoms with Crippen molar-refractivity contribution in [3.63, 3.8) is 0 Å². The van der Waals surface area contributed by atoms with Crippen molar-refractivity contribution in [2.45, 2.75) is 33.4 Å². The summed E-state index contributed by atoms with van der Waals surface area (Å²) in [5.41, 5.74) is 1.17. The standard InChI is InChI=1S/C14H21BrN2O/c1-4-17(5-2)14(18)11(3)16-10-12-7-6-8-13(15)9-12/h6-9,11,16H,4-5,10H2,1-3H3. The summed E-state index contributed by atoms with van der Waals surface area (Å²) in [6, 6.07) is 7.95. The normalized spacial score (nSPS) is 12.2. The van der Waals surface area contributed by atoms with Crippen LogP contribution in [0.1, 0.15) is 26.3 Å². The van der Waals surface area contributed by atoms with Gasteiger partial charge in [0.25, 0.3) is 0 Å². The van der Waals surface area contributed by atoms with Crippen LogP contribution in [-0.2, 0) is 11.3 Å². The molecule has 1 aromatic rings. The van der Waals surface area contributed by atoms with E-state index in [1.54, 1.807) is 0 Å². The molecule has 0 aliphatic carbocycles. The van der Waals surface area contributed by atoms with Crippen LogP contribution >= 0.6 is 15.9 Å². The molecule has 0 saturated heterocycles. The Morgan fingerprint density at radius 3 is 2.61 bits per heavy atom. The van der Waals surface area contributed by atoms with E-state index in [0.717, 1.165) is 17.6 Å². The first kappa shape index (κ1) is 15.2. The highest BCUT2D eigenvalue weighted by molar-refractivity contribution is 9.10. The fourth-order valence-electron chi connectivity index (χ4n) is 1.81. The molecule has 1 unspecified atom stereocenters. The van der Waals surface area contributed by atoms with Gasteiger partial charge < -0.3 is 10.2 Å². The number of benzene rings is 1. The summed E-state index contributed by atoms with van der Waals surface area (Å²) in [5.74, 6) is 0.162. The predicted octanol–water partition coefficient (Wildman–Crippen LogP) is 2.80. The molecule has 0 aliphatic rings. The summed E-state index contributed by atoms with van der Waals surface area (Å²) >= 11 is 3.44. The molecular formula is C14H21BrN2O.